The number of carboxylic acids is 1. The molecule has 0 saturated carbocycles. The number of carboxylic acid groups (broad SMARTS) is 1. The molecule has 4 N–H and O–H groups in total. The van der Waals surface area contributed by atoms with Crippen LogP contribution in [0, 0.1) is 0 Å². The van der Waals surface area contributed by atoms with Gasteiger partial charge in [-0.25, -0.2) is 0 Å². The van der Waals surface area contributed by atoms with Gasteiger partial charge in [-0.1, -0.05) is 17.7 Å². The Bertz CT molecular complexity index is 612. The van der Waals surface area contributed by atoms with Gasteiger partial charge in [0.15, 0.2) is 0 Å². The number of halogens is 1. The number of rotatable bonds is 3. The lowest BCUT2D eigenvalue weighted by atomic mass is 9.95. The molecule has 0 aromatic heterocycles. The number of phenolic OH excluding ortho intramolecular Hbond substituents is 1. The average Bonchev–Trinajstić information content (AvgIpc) is 2.31. The Morgan fingerprint density at radius 1 is 1.28 bits per heavy atom. The number of phenols is 1. The molecule has 1 atom stereocenters. The van der Waals surface area contributed by atoms with E-state index in [4.69, 9.17) is 22.4 Å². The van der Waals surface area contributed by atoms with Crippen LogP contribution in [0.25, 0.3) is 10.8 Å². The highest BCUT2D eigenvalue weighted by molar-refractivity contribution is 6.31. The highest BCUT2D eigenvalue weighted by atomic mass is 35.5. The van der Waals surface area contributed by atoms with E-state index >= 15 is 0 Å². The predicted octanol–water partition coefficient (Wildman–Crippen LogP) is 2.33. The molecule has 0 spiro atoms. The van der Waals surface area contributed by atoms with E-state index in [1.54, 1.807) is 24.3 Å². The molecule has 2 rings (SSSR count). The van der Waals surface area contributed by atoms with E-state index in [2.05, 4.69) is 0 Å². The van der Waals surface area contributed by atoms with Crippen molar-refractivity contribution < 1.29 is 15.0 Å². The maximum absolute atomic E-state index is 11.1. The van der Waals surface area contributed by atoms with Gasteiger partial charge in [0.25, 0.3) is 0 Å². The molecule has 0 radical (unpaired) electrons. The first-order valence-electron chi connectivity index (χ1n) is 5.38. The maximum Gasteiger partial charge on any atom is 0.312 e. The largest absolute Gasteiger partial charge is 0.508 e. The van der Waals surface area contributed by atoms with Crippen LogP contribution in [0.4, 0.5) is 0 Å². The molecule has 2 aromatic carbocycles. The van der Waals surface area contributed by atoms with Gasteiger partial charge in [0, 0.05) is 17.1 Å². The summed E-state index contributed by atoms with van der Waals surface area (Å²) in [6, 6.07) is 8.32. The number of hydrogen-bond donors (Lipinski definition) is 3. The number of aromatic hydroxyl groups is 1. The second-order valence-electron chi connectivity index (χ2n) is 4.03. The number of benzene rings is 2. The summed E-state index contributed by atoms with van der Waals surface area (Å²) in [4.78, 5) is 11.1. The molecular formula is C13H12ClNO3. The second kappa shape index (κ2) is 4.84. The zero-order valence-corrected chi connectivity index (χ0v) is 10.2. The van der Waals surface area contributed by atoms with E-state index in [0.717, 1.165) is 10.8 Å². The normalized spacial score (nSPS) is 12.6. The van der Waals surface area contributed by atoms with Crippen LogP contribution in [0.15, 0.2) is 30.3 Å². The quantitative estimate of drug-likeness (QED) is 0.795. The summed E-state index contributed by atoms with van der Waals surface area (Å²) in [5.41, 5.74) is 5.74. The molecule has 18 heavy (non-hydrogen) atoms. The fraction of sp³-hybridized carbons (Fsp3) is 0.154. The summed E-state index contributed by atoms with van der Waals surface area (Å²) in [5.74, 6) is -2.05. The third-order valence-electron chi connectivity index (χ3n) is 2.86. The van der Waals surface area contributed by atoms with Gasteiger partial charge in [-0.2, -0.15) is 0 Å². The van der Waals surface area contributed by atoms with Gasteiger partial charge in [-0.05, 0) is 35.0 Å². The lowest BCUT2D eigenvalue weighted by Gasteiger charge is -2.13. The van der Waals surface area contributed by atoms with E-state index in [1.165, 1.54) is 6.07 Å². The van der Waals surface area contributed by atoms with Crippen molar-refractivity contribution in [2.75, 3.05) is 6.54 Å². The molecule has 0 aliphatic carbocycles. The minimum absolute atomic E-state index is 0.0670. The molecular weight excluding hydrogens is 254 g/mol. The standard InChI is InChI=1S/C13H12ClNO3/c14-9-2-1-7-5-12(16)10(4-8(7)3-9)11(6-15)13(17)18/h1-5,11,16H,6,15H2,(H,17,18). The molecule has 0 amide bonds. The minimum atomic E-state index is -1.06. The van der Waals surface area contributed by atoms with Crippen molar-refractivity contribution >= 4 is 28.3 Å². The Morgan fingerprint density at radius 3 is 2.61 bits per heavy atom. The molecule has 0 aliphatic heterocycles. The molecule has 4 nitrogen and oxygen atoms in total. The third kappa shape index (κ3) is 2.25. The average molecular weight is 266 g/mol. The van der Waals surface area contributed by atoms with Crippen LogP contribution in [0.1, 0.15) is 11.5 Å². The molecule has 0 aliphatic rings. The van der Waals surface area contributed by atoms with Crippen molar-refractivity contribution in [3.8, 4) is 5.75 Å². The van der Waals surface area contributed by atoms with Crippen LogP contribution < -0.4 is 5.73 Å². The Hall–Kier alpha value is -1.78. The molecule has 94 valence electrons. The fourth-order valence-electron chi connectivity index (χ4n) is 1.91. The van der Waals surface area contributed by atoms with Crippen molar-refractivity contribution in [2.45, 2.75) is 5.92 Å². The van der Waals surface area contributed by atoms with Crippen molar-refractivity contribution in [1.82, 2.24) is 0 Å². The fourth-order valence-corrected chi connectivity index (χ4v) is 2.09. The Labute approximate surface area is 109 Å². The summed E-state index contributed by atoms with van der Waals surface area (Å²) in [7, 11) is 0. The summed E-state index contributed by atoms with van der Waals surface area (Å²) < 4.78 is 0. The van der Waals surface area contributed by atoms with Crippen LogP contribution in [0.3, 0.4) is 0 Å². The van der Waals surface area contributed by atoms with Gasteiger partial charge >= 0.3 is 5.97 Å². The lowest BCUT2D eigenvalue weighted by Crippen LogP contribution is -2.21. The van der Waals surface area contributed by atoms with Gasteiger partial charge in [0.05, 0.1) is 5.92 Å². The number of nitrogens with two attached hydrogens (primary N) is 1. The van der Waals surface area contributed by atoms with Gasteiger partial charge < -0.3 is 15.9 Å². The van der Waals surface area contributed by atoms with Crippen molar-refractivity contribution in [3.63, 3.8) is 0 Å². The Kier molecular flexibility index (Phi) is 3.41. The third-order valence-corrected chi connectivity index (χ3v) is 3.09. The zero-order valence-electron chi connectivity index (χ0n) is 9.43. The molecule has 1 unspecified atom stereocenters. The molecule has 0 fully saturated rings. The predicted molar refractivity (Wildman–Crippen MR) is 70.1 cm³/mol. The van der Waals surface area contributed by atoms with Crippen LogP contribution in [-0.4, -0.2) is 22.7 Å². The first-order chi connectivity index (χ1) is 8.52. The van der Waals surface area contributed by atoms with E-state index < -0.39 is 11.9 Å². The number of fused-ring (bicyclic) bond motifs is 1. The topological polar surface area (TPSA) is 83.6 Å². The van der Waals surface area contributed by atoms with Crippen LogP contribution in [0.5, 0.6) is 5.75 Å². The smallest absolute Gasteiger partial charge is 0.312 e. The molecule has 0 bridgehead atoms. The number of aliphatic carboxylic acids is 1. The van der Waals surface area contributed by atoms with Crippen LogP contribution in [-0.2, 0) is 4.79 Å². The summed E-state index contributed by atoms with van der Waals surface area (Å²) >= 11 is 5.88. The Balaban J connectivity index is 2.63. The molecule has 5 heteroatoms. The Morgan fingerprint density at radius 2 is 2.00 bits per heavy atom. The van der Waals surface area contributed by atoms with Crippen molar-refractivity contribution in [2.24, 2.45) is 5.73 Å². The number of hydrogen-bond acceptors (Lipinski definition) is 3. The summed E-state index contributed by atoms with van der Waals surface area (Å²) in [6.45, 7) is -0.0744. The minimum Gasteiger partial charge on any atom is -0.508 e. The van der Waals surface area contributed by atoms with E-state index in [0.29, 0.717) is 10.6 Å². The zero-order chi connectivity index (χ0) is 13.3. The van der Waals surface area contributed by atoms with Crippen molar-refractivity contribution in [3.05, 3.63) is 40.9 Å². The monoisotopic (exact) mass is 265 g/mol. The van der Waals surface area contributed by atoms with Crippen LogP contribution >= 0.6 is 11.6 Å². The highest BCUT2D eigenvalue weighted by Gasteiger charge is 2.21. The summed E-state index contributed by atoms with van der Waals surface area (Å²) in [6.07, 6.45) is 0. The first-order valence-corrected chi connectivity index (χ1v) is 5.75. The SMILES string of the molecule is NCC(C(=O)O)c1cc2cc(Cl)ccc2cc1O. The number of carbonyl (C=O) groups is 1. The van der Waals surface area contributed by atoms with Gasteiger partial charge in [0.2, 0.25) is 0 Å². The van der Waals surface area contributed by atoms with Gasteiger partial charge in [-0.15, -0.1) is 0 Å². The van der Waals surface area contributed by atoms with E-state index in [-0.39, 0.29) is 12.3 Å². The van der Waals surface area contributed by atoms with Gasteiger partial charge in [-0.3, -0.25) is 4.79 Å². The van der Waals surface area contributed by atoms with E-state index in [1.807, 2.05) is 0 Å². The van der Waals surface area contributed by atoms with Crippen LogP contribution in [0.2, 0.25) is 5.02 Å². The van der Waals surface area contributed by atoms with E-state index in [9.17, 15) is 9.90 Å². The second-order valence-corrected chi connectivity index (χ2v) is 4.47. The molecule has 0 heterocycles. The molecule has 0 saturated heterocycles. The highest BCUT2D eigenvalue weighted by Crippen LogP contribution is 2.31. The summed E-state index contributed by atoms with van der Waals surface area (Å²) in [5, 5.41) is 21.1. The lowest BCUT2D eigenvalue weighted by molar-refractivity contribution is -0.138. The van der Waals surface area contributed by atoms with Crippen molar-refractivity contribution in [1.29, 1.82) is 0 Å². The van der Waals surface area contributed by atoms with Gasteiger partial charge in [0.1, 0.15) is 5.75 Å². The first kappa shape index (κ1) is 12.7. The maximum atomic E-state index is 11.1. The molecule has 2 aromatic rings.